The molecule has 0 bridgehead atoms. The van der Waals surface area contributed by atoms with Crippen molar-refractivity contribution in [3.05, 3.63) is 0 Å². The van der Waals surface area contributed by atoms with Gasteiger partial charge in [-0.25, -0.2) is 0 Å². The molecule has 0 aromatic heterocycles. The van der Waals surface area contributed by atoms with E-state index in [0.29, 0.717) is 5.54 Å². The average Bonchev–Trinajstić information content (AvgIpc) is 2.43. The van der Waals surface area contributed by atoms with E-state index in [9.17, 15) is 0 Å². The van der Waals surface area contributed by atoms with Crippen LogP contribution in [0.4, 0.5) is 0 Å². The van der Waals surface area contributed by atoms with Crippen molar-refractivity contribution in [3.63, 3.8) is 0 Å². The predicted octanol–water partition coefficient (Wildman–Crippen LogP) is 0.374. The van der Waals surface area contributed by atoms with E-state index in [1.807, 2.05) is 0 Å². The van der Waals surface area contributed by atoms with Gasteiger partial charge in [-0.3, -0.25) is 9.80 Å². The first-order valence-corrected chi connectivity index (χ1v) is 5.75. The molecule has 0 spiro atoms. The number of likely N-dealkylation sites (tertiary alicyclic amines) is 1. The molecule has 0 aliphatic carbocycles. The maximum atomic E-state index is 3.41. The van der Waals surface area contributed by atoms with Crippen LogP contribution in [0.5, 0.6) is 0 Å². The van der Waals surface area contributed by atoms with Gasteiger partial charge in [-0.15, -0.1) is 0 Å². The van der Waals surface area contributed by atoms with Gasteiger partial charge in [0.1, 0.15) is 0 Å². The summed E-state index contributed by atoms with van der Waals surface area (Å²) in [5, 5.41) is 3.41. The van der Waals surface area contributed by atoms with Crippen molar-refractivity contribution in [2.24, 2.45) is 0 Å². The van der Waals surface area contributed by atoms with Gasteiger partial charge in [0.2, 0.25) is 0 Å². The summed E-state index contributed by atoms with van der Waals surface area (Å²) in [7, 11) is 2.25. The fourth-order valence-corrected chi connectivity index (χ4v) is 2.65. The molecule has 2 rings (SSSR count). The van der Waals surface area contributed by atoms with Crippen molar-refractivity contribution in [2.75, 3.05) is 39.8 Å². The molecule has 2 heterocycles. The molecule has 1 atom stereocenters. The van der Waals surface area contributed by atoms with E-state index in [-0.39, 0.29) is 0 Å². The first-order valence-electron chi connectivity index (χ1n) is 5.75. The zero-order valence-electron chi connectivity index (χ0n) is 9.71. The molecule has 14 heavy (non-hydrogen) atoms. The number of rotatable bonds is 1. The summed E-state index contributed by atoms with van der Waals surface area (Å²) in [6, 6.07) is 0.789. The highest BCUT2D eigenvalue weighted by molar-refractivity contribution is 4.96. The Hall–Kier alpha value is -0.120. The molecular weight excluding hydrogens is 174 g/mol. The van der Waals surface area contributed by atoms with E-state index in [0.717, 1.165) is 6.04 Å². The third-order valence-electron chi connectivity index (χ3n) is 3.92. The third kappa shape index (κ3) is 1.95. The Bertz CT molecular complexity index is 197. The van der Waals surface area contributed by atoms with Gasteiger partial charge in [0.25, 0.3) is 0 Å². The van der Waals surface area contributed by atoms with Gasteiger partial charge in [0, 0.05) is 44.3 Å². The maximum absolute atomic E-state index is 3.41. The number of likely N-dealkylation sites (N-methyl/N-ethyl adjacent to an activating group) is 1. The molecular formula is C11H23N3. The lowest BCUT2D eigenvalue weighted by Crippen LogP contribution is -2.49. The second-order valence-corrected chi connectivity index (χ2v) is 5.34. The number of piperazine rings is 1. The highest BCUT2D eigenvalue weighted by atomic mass is 15.3. The molecule has 2 aliphatic rings. The van der Waals surface area contributed by atoms with Crippen LogP contribution in [0.3, 0.4) is 0 Å². The molecule has 0 amide bonds. The van der Waals surface area contributed by atoms with E-state index >= 15 is 0 Å². The minimum Gasteiger partial charge on any atom is -0.314 e. The van der Waals surface area contributed by atoms with Crippen LogP contribution in [0.1, 0.15) is 20.3 Å². The van der Waals surface area contributed by atoms with Gasteiger partial charge in [0.15, 0.2) is 0 Å². The molecule has 2 fully saturated rings. The summed E-state index contributed by atoms with van der Waals surface area (Å²) in [6.07, 6.45) is 1.32. The van der Waals surface area contributed by atoms with Crippen LogP contribution in [0, 0.1) is 0 Å². The van der Waals surface area contributed by atoms with Crippen LogP contribution in [-0.4, -0.2) is 61.2 Å². The van der Waals surface area contributed by atoms with Crippen molar-refractivity contribution >= 4 is 0 Å². The monoisotopic (exact) mass is 197 g/mol. The molecule has 3 heteroatoms. The van der Waals surface area contributed by atoms with Gasteiger partial charge in [-0.05, 0) is 27.3 Å². The first-order chi connectivity index (χ1) is 6.59. The van der Waals surface area contributed by atoms with Crippen LogP contribution in [-0.2, 0) is 0 Å². The molecule has 0 aromatic carbocycles. The van der Waals surface area contributed by atoms with Crippen molar-refractivity contribution in [3.8, 4) is 0 Å². The van der Waals surface area contributed by atoms with Gasteiger partial charge in [0.05, 0.1) is 0 Å². The van der Waals surface area contributed by atoms with Gasteiger partial charge >= 0.3 is 0 Å². The quantitative estimate of drug-likeness (QED) is 0.655. The summed E-state index contributed by atoms with van der Waals surface area (Å²) < 4.78 is 0. The molecule has 3 nitrogen and oxygen atoms in total. The van der Waals surface area contributed by atoms with Crippen LogP contribution >= 0.6 is 0 Å². The smallest absolute Gasteiger partial charge is 0.0241 e. The Balaban J connectivity index is 1.93. The molecule has 0 aromatic rings. The zero-order chi connectivity index (χ0) is 10.2. The topological polar surface area (TPSA) is 18.5 Å². The molecule has 0 saturated carbocycles. The second kappa shape index (κ2) is 3.80. The molecule has 0 radical (unpaired) electrons. The SMILES string of the molecule is CN1CC(N2CCNCC2)CC1(C)C. The third-order valence-corrected chi connectivity index (χ3v) is 3.92. The Morgan fingerprint density at radius 3 is 2.36 bits per heavy atom. The van der Waals surface area contributed by atoms with E-state index < -0.39 is 0 Å². The first kappa shape index (κ1) is 10.4. The van der Waals surface area contributed by atoms with Crippen molar-refractivity contribution in [1.29, 1.82) is 0 Å². The highest BCUT2D eigenvalue weighted by Gasteiger charge is 2.38. The molecule has 2 aliphatic heterocycles. The minimum absolute atomic E-state index is 0.398. The summed E-state index contributed by atoms with van der Waals surface area (Å²) in [4.78, 5) is 5.15. The maximum Gasteiger partial charge on any atom is 0.0241 e. The van der Waals surface area contributed by atoms with Crippen molar-refractivity contribution in [2.45, 2.75) is 31.8 Å². The number of nitrogens with zero attached hydrogens (tertiary/aromatic N) is 2. The minimum atomic E-state index is 0.398. The fraction of sp³-hybridized carbons (Fsp3) is 1.00. The normalized spacial score (nSPS) is 34.9. The molecule has 2 saturated heterocycles. The van der Waals surface area contributed by atoms with Crippen LogP contribution in [0.15, 0.2) is 0 Å². The second-order valence-electron chi connectivity index (χ2n) is 5.34. The van der Waals surface area contributed by atoms with Gasteiger partial charge < -0.3 is 5.32 Å². The van der Waals surface area contributed by atoms with Gasteiger partial charge in [-0.1, -0.05) is 0 Å². The van der Waals surface area contributed by atoms with Gasteiger partial charge in [-0.2, -0.15) is 0 Å². The fourth-order valence-electron chi connectivity index (χ4n) is 2.65. The van der Waals surface area contributed by atoms with E-state index in [4.69, 9.17) is 0 Å². The summed E-state index contributed by atoms with van der Waals surface area (Å²) in [5.41, 5.74) is 0.398. The van der Waals surface area contributed by atoms with E-state index in [2.05, 4.69) is 36.0 Å². The summed E-state index contributed by atoms with van der Waals surface area (Å²) >= 11 is 0. The number of hydrogen-bond acceptors (Lipinski definition) is 3. The van der Waals surface area contributed by atoms with Crippen molar-refractivity contribution in [1.82, 2.24) is 15.1 Å². The van der Waals surface area contributed by atoms with Crippen LogP contribution < -0.4 is 5.32 Å². The number of nitrogens with one attached hydrogen (secondary N) is 1. The Labute approximate surface area is 87.4 Å². The summed E-state index contributed by atoms with van der Waals surface area (Å²) in [6.45, 7) is 10.8. The standard InChI is InChI=1S/C11H23N3/c1-11(2)8-10(9-13(11)3)14-6-4-12-5-7-14/h10,12H,4-9H2,1-3H3. The lowest BCUT2D eigenvalue weighted by atomic mass is 9.99. The Morgan fingerprint density at radius 1 is 1.21 bits per heavy atom. The molecule has 82 valence electrons. The zero-order valence-corrected chi connectivity index (χ0v) is 9.71. The predicted molar refractivity (Wildman–Crippen MR) is 59.6 cm³/mol. The van der Waals surface area contributed by atoms with E-state index in [1.54, 1.807) is 0 Å². The van der Waals surface area contributed by atoms with E-state index in [1.165, 1.54) is 39.1 Å². The van der Waals surface area contributed by atoms with Crippen LogP contribution in [0.2, 0.25) is 0 Å². The lowest BCUT2D eigenvalue weighted by Gasteiger charge is -2.32. The molecule has 1 unspecified atom stereocenters. The number of hydrogen-bond donors (Lipinski definition) is 1. The molecule has 1 N–H and O–H groups in total. The van der Waals surface area contributed by atoms with Crippen molar-refractivity contribution < 1.29 is 0 Å². The lowest BCUT2D eigenvalue weighted by molar-refractivity contribution is 0.175. The Kier molecular flexibility index (Phi) is 2.82. The average molecular weight is 197 g/mol. The highest BCUT2D eigenvalue weighted by Crippen LogP contribution is 2.29. The van der Waals surface area contributed by atoms with Crippen LogP contribution in [0.25, 0.3) is 0 Å². The Morgan fingerprint density at radius 2 is 1.86 bits per heavy atom. The largest absolute Gasteiger partial charge is 0.314 e. The summed E-state index contributed by atoms with van der Waals surface area (Å²) in [5.74, 6) is 0.